The number of carbonyl (C=O) groups excluding carboxylic acids is 1. The number of carbonyl (C=O) groups is 1. The van der Waals surface area contributed by atoms with Crippen molar-refractivity contribution in [1.82, 2.24) is 9.78 Å². The number of hydrogen-bond donors (Lipinski definition) is 0. The van der Waals surface area contributed by atoms with E-state index >= 15 is 0 Å². The molecule has 1 aliphatic carbocycles. The Kier molecular flexibility index (Phi) is 7.54. The maximum Gasteiger partial charge on any atom is 0.306 e. The Morgan fingerprint density at radius 2 is 1.97 bits per heavy atom. The third-order valence-corrected chi connectivity index (χ3v) is 6.18. The zero-order valence-corrected chi connectivity index (χ0v) is 20.6. The summed E-state index contributed by atoms with van der Waals surface area (Å²) >= 11 is 0. The van der Waals surface area contributed by atoms with E-state index in [1.165, 1.54) is 13.2 Å². The van der Waals surface area contributed by atoms with Gasteiger partial charge in [-0.05, 0) is 74.4 Å². The summed E-state index contributed by atoms with van der Waals surface area (Å²) in [6, 6.07) is 12.5. The monoisotopic (exact) mass is 478 g/mol. The van der Waals surface area contributed by atoms with Gasteiger partial charge in [-0.3, -0.25) is 4.79 Å². The molecule has 1 atom stereocenters. The van der Waals surface area contributed by atoms with Crippen LogP contribution in [-0.2, 0) is 16.1 Å². The minimum Gasteiger partial charge on any atom is -0.497 e. The standard InChI is InChI=1S/C28H31FN2O4/c1-18(2)12-26-21(16-30-31(26)27-14-22(33-3)10-11-25(27)29)17-35-23-7-5-6-20(13-23)24(19-8-9-19)15-28(32)34-4/h5-7,10-14,16,19,24H,8-9,15,17H2,1-4H3. The number of esters is 1. The first kappa shape index (κ1) is 24.5. The molecule has 1 aliphatic rings. The molecule has 1 aromatic heterocycles. The van der Waals surface area contributed by atoms with Crippen LogP contribution in [0.4, 0.5) is 4.39 Å². The first-order chi connectivity index (χ1) is 16.9. The number of benzene rings is 2. The summed E-state index contributed by atoms with van der Waals surface area (Å²) in [6.07, 6.45) is 6.27. The molecule has 3 aromatic rings. The van der Waals surface area contributed by atoms with Crippen molar-refractivity contribution in [2.45, 2.75) is 45.6 Å². The molecule has 4 rings (SSSR count). The van der Waals surface area contributed by atoms with Crippen LogP contribution in [0.3, 0.4) is 0 Å². The molecular weight excluding hydrogens is 447 g/mol. The Morgan fingerprint density at radius 1 is 1.17 bits per heavy atom. The van der Waals surface area contributed by atoms with E-state index in [4.69, 9.17) is 14.2 Å². The van der Waals surface area contributed by atoms with Crippen molar-refractivity contribution in [3.63, 3.8) is 0 Å². The van der Waals surface area contributed by atoms with Crippen LogP contribution in [0.5, 0.6) is 11.5 Å². The van der Waals surface area contributed by atoms with Crippen LogP contribution >= 0.6 is 0 Å². The molecule has 0 amide bonds. The molecule has 35 heavy (non-hydrogen) atoms. The molecule has 0 N–H and O–H groups in total. The summed E-state index contributed by atoms with van der Waals surface area (Å²) in [5.41, 5.74) is 4.00. The minimum atomic E-state index is -0.394. The maximum absolute atomic E-state index is 14.7. The lowest BCUT2D eigenvalue weighted by Crippen LogP contribution is -2.10. The number of nitrogens with zero attached hydrogens (tertiary/aromatic N) is 2. The van der Waals surface area contributed by atoms with Crippen LogP contribution in [0.1, 0.15) is 55.8 Å². The van der Waals surface area contributed by atoms with Gasteiger partial charge in [0.1, 0.15) is 29.6 Å². The van der Waals surface area contributed by atoms with E-state index in [-0.39, 0.29) is 18.5 Å². The normalized spacial score (nSPS) is 13.7. The van der Waals surface area contributed by atoms with Gasteiger partial charge in [0.15, 0.2) is 0 Å². The Bertz CT molecular complexity index is 1230. The summed E-state index contributed by atoms with van der Waals surface area (Å²) < 4.78 is 32.6. The zero-order chi connectivity index (χ0) is 24.9. The van der Waals surface area contributed by atoms with Crippen molar-refractivity contribution in [3.8, 4) is 17.2 Å². The molecule has 0 aliphatic heterocycles. The number of methoxy groups -OCH3 is 2. The number of aromatic nitrogens is 2. The first-order valence-corrected chi connectivity index (χ1v) is 11.7. The van der Waals surface area contributed by atoms with E-state index in [0.29, 0.717) is 29.5 Å². The van der Waals surface area contributed by atoms with Gasteiger partial charge in [0.2, 0.25) is 0 Å². The largest absolute Gasteiger partial charge is 0.497 e. The quantitative estimate of drug-likeness (QED) is 0.331. The lowest BCUT2D eigenvalue weighted by molar-refractivity contribution is -0.141. The van der Waals surface area contributed by atoms with Gasteiger partial charge in [0, 0.05) is 11.6 Å². The van der Waals surface area contributed by atoms with Gasteiger partial charge in [-0.2, -0.15) is 5.10 Å². The van der Waals surface area contributed by atoms with Gasteiger partial charge in [-0.15, -0.1) is 0 Å². The van der Waals surface area contributed by atoms with Crippen molar-refractivity contribution in [2.75, 3.05) is 14.2 Å². The number of ether oxygens (including phenoxy) is 3. The molecule has 7 heteroatoms. The van der Waals surface area contributed by atoms with Crippen molar-refractivity contribution < 1.29 is 23.4 Å². The van der Waals surface area contributed by atoms with Crippen molar-refractivity contribution >= 4 is 12.0 Å². The second kappa shape index (κ2) is 10.8. The van der Waals surface area contributed by atoms with Gasteiger partial charge in [0.25, 0.3) is 0 Å². The summed E-state index contributed by atoms with van der Waals surface area (Å²) in [6.45, 7) is 4.22. The summed E-state index contributed by atoms with van der Waals surface area (Å²) in [7, 11) is 2.97. The van der Waals surface area contributed by atoms with E-state index in [9.17, 15) is 9.18 Å². The molecule has 1 saturated carbocycles. The smallest absolute Gasteiger partial charge is 0.306 e. The summed E-state index contributed by atoms with van der Waals surface area (Å²) in [5, 5.41) is 4.45. The Morgan fingerprint density at radius 3 is 2.66 bits per heavy atom. The molecule has 1 unspecified atom stereocenters. The van der Waals surface area contributed by atoms with Crippen molar-refractivity contribution in [1.29, 1.82) is 0 Å². The van der Waals surface area contributed by atoms with Crippen LogP contribution in [0.15, 0.2) is 54.2 Å². The molecule has 1 fully saturated rings. The second-order valence-electron chi connectivity index (χ2n) is 9.09. The van der Waals surface area contributed by atoms with E-state index in [1.807, 2.05) is 44.2 Å². The van der Waals surface area contributed by atoms with Crippen molar-refractivity contribution in [3.05, 3.63) is 76.9 Å². The average molecular weight is 479 g/mol. The van der Waals surface area contributed by atoms with Gasteiger partial charge in [0.05, 0.1) is 32.5 Å². The van der Waals surface area contributed by atoms with E-state index in [1.54, 1.807) is 30.1 Å². The molecule has 0 radical (unpaired) electrons. The number of hydrogen-bond acceptors (Lipinski definition) is 5. The molecule has 6 nitrogen and oxygen atoms in total. The van der Waals surface area contributed by atoms with Crippen LogP contribution < -0.4 is 9.47 Å². The predicted octanol–water partition coefficient (Wildman–Crippen LogP) is 6.08. The van der Waals surface area contributed by atoms with Gasteiger partial charge in [-0.25, -0.2) is 9.07 Å². The SMILES string of the molecule is COC(=O)CC(c1cccc(OCc2cnn(-c3cc(OC)ccc3F)c2C=C(C)C)c1)C1CC1. The lowest BCUT2D eigenvalue weighted by Gasteiger charge is -2.17. The van der Waals surface area contributed by atoms with E-state index in [0.717, 1.165) is 35.2 Å². The van der Waals surface area contributed by atoms with Crippen LogP contribution in [0, 0.1) is 11.7 Å². The van der Waals surface area contributed by atoms with Crippen LogP contribution in [-0.4, -0.2) is 30.0 Å². The first-order valence-electron chi connectivity index (χ1n) is 11.7. The Hall–Kier alpha value is -3.61. The van der Waals surface area contributed by atoms with E-state index < -0.39 is 5.82 Å². The van der Waals surface area contributed by atoms with Crippen LogP contribution in [0.25, 0.3) is 11.8 Å². The van der Waals surface area contributed by atoms with Crippen molar-refractivity contribution in [2.24, 2.45) is 5.92 Å². The third kappa shape index (κ3) is 5.91. The Labute approximate surface area is 205 Å². The van der Waals surface area contributed by atoms with Crippen LogP contribution in [0.2, 0.25) is 0 Å². The highest BCUT2D eigenvalue weighted by atomic mass is 19.1. The molecule has 1 heterocycles. The zero-order valence-electron chi connectivity index (χ0n) is 20.6. The third-order valence-electron chi connectivity index (χ3n) is 6.18. The molecule has 0 saturated heterocycles. The fourth-order valence-electron chi connectivity index (χ4n) is 4.22. The predicted molar refractivity (Wildman–Crippen MR) is 132 cm³/mol. The summed E-state index contributed by atoms with van der Waals surface area (Å²) in [4.78, 5) is 11.9. The topological polar surface area (TPSA) is 62.6 Å². The number of halogens is 1. The fraction of sp³-hybridized carbons (Fsp3) is 0.357. The lowest BCUT2D eigenvalue weighted by atomic mass is 9.91. The number of rotatable bonds is 10. The highest BCUT2D eigenvalue weighted by molar-refractivity contribution is 5.70. The summed E-state index contributed by atoms with van der Waals surface area (Å²) in [5.74, 6) is 1.30. The minimum absolute atomic E-state index is 0.131. The molecule has 184 valence electrons. The highest BCUT2D eigenvalue weighted by Gasteiger charge is 2.34. The molecular formula is C28H31FN2O4. The second-order valence-corrected chi connectivity index (χ2v) is 9.09. The highest BCUT2D eigenvalue weighted by Crippen LogP contribution is 2.45. The Balaban J connectivity index is 1.58. The average Bonchev–Trinajstić information content (AvgIpc) is 3.63. The number of allylic oxidation sites excluding steroid dienone is 1. The van der Waals surface area contributed by atoms with Gasteiger partial charge < -0.3 is 14.2 Å². The maximum atomic E-state index is 14.7. The molecule has 2 aromatic carbocycles. The molecule has 0 spiro atoms. The van der Waals surface area contributed by atoms with Gasteiger partial charge in [-0.1, -0.05) is 17.7 Å². The fourth-order valence-corrected chi connectivity index (χ4v) is 4.22. The molecule has 0 bridgehead atoms. The van der Waals surface area contributed by atoms with Gasteiger partial charge >= 0.3 is 5.97 Å². The van der Waals surface area contributed by atoms with E-state index in [2.05, 4.69) is 5.10 Å².